The molecule has 0 saturated carbocycles. The Balaban J connectivity index is 1.90. The second kappa shape index (κ2) is 10.1. The molecule has 2 amide bonds. The van der Waals surface area contributed by atoms with Crippen LogP contribution in [0.2, 0.25) is 0 Å². The summed E-state index contributed by atoms with van der Waals surface area (Å²) in [6, 6.07) is -1.50. The lowest BCUT2D eigenvalue weighted by Gasteiger charge is -2.42. The van der Waals surface area contributed by atoms with Crippen molar-refractivity contribution in [2.75, 3.05) is 26.3 Å². The first kappa shape index (κ1) is 25.9. The van der Waals surface area contributed by atoms with Crippen LogP contribution in [0.5, 0.6) is 0 Å². The van der Waals surface area contributed by atoms with E-state index >= 15 is 0 Å². The van der Waals surface area contributed by atoms with Gasteiger partial charge in [0.15, 0.2) is 0 Å². The van der Waals surface area contributed by atoms with E-state index in [1.807, 2.05) is 45.1 Å². The fraction of sp³-hybridized carbons (Fsp3) is 0.741. The molecule has 4 rings (SSSR count). The summed E-state index contributed by atoms with van der Waals surface area (Å²) >= 11 is 0. The molecule has 0 aromatic carbocycles. The first-order valence-electron chi connectivity index (χ1n) is 13.3. The third-order valence-electron chi connectivity index (χ3n) is 8.55. The zero-order valence-electron chi connectivity index (χ0n) is 21.4. The van der Waals surface area contributed by atoms with Crippen molar-refractivity contribution in [1.29, 1.82) is 0 Å². The number of cyclic esters (lactones) is 1. The molecular formula is C27H40N2O6. The molecule has 8 heteroatoms. The number of carbonyl (C=O) groups is 3. The van der Waals surface area contributed by atoms with E-state index < -0.39 is 41.1 Å². The van der Waals surface area contributed by atoms with Crippen molar-refractivity contribution in [3.8, 4) is 0 Å². The van der Waals surface area contributed by atoms with Gasteiger partial charge in [0.1, 0.15) is 23.2 Å². The van der Waals surface area contributed by atoms with Crippen LogP contribution in [0.25, 0.3) is 0 Å². The van der Waals surface area contributed by atoms with Crippen LogP contribution in [0.4, 0.5) is 0 Å². The fourth-order valence-electron chi connectivity index (χ4n) is 6.44. The highest BCUT2D eigenvalue weighted by Crippen LogP contribution is 2.58. The van der Waals surface area contributed by atoms with E-state index in [2.05, 4.69) is 6.92 Å². The van der Waals surface area contributed by atoms with Crippen molar-refractivity contribution in [2.24, 2.45) is 17.8 Å². The number of likely N-dealkylation sites (tertiary alicyclic amines) is 1. The summed E-state index contributed by atoms with van der Waals surface area (Å²) in [5.74, 6) is -2.74. The highest BCUT2D eigenvalue weighted by molar-refractivity contribution is 5.99. The van der Waals surface area contributed by atoms with Gasteiger partial charge in [-0.1, -0.05) is 64.8 Å². The van der Waals surface area contributed by atoms with Gasteiger partial charge in [0.05, 0.1) is 25.2 Å². The number of rotatable bonds is 8. The molecule has 4 aliphatic rings. The second-order valence-corrected chi connectivity index (χ2v) is 10.4. The van der Waals surface area contributed by atoms with Crippen LogP contribution < -0.4 is 0 Å². The molecule has 4 aliphatic heterocycles. The minimum absolute atomic E-state index is 0.0379. The van der Waals surface area contributed by atoms with Crippen LogP contribution >= 0.6 is 0 Å². The third-order valence-corrected chi connectivity index (χ3v) is 8.55. The summed E-state index contributed by atoms with van der Waals surface area (Å²) in [4.78, 5) is 45.2. The van der Waals surface area contributed by atoms with Gasteiger partial charge in [-0.3, -0.25) is 14.4 Å². The number of esters is 1. The minimum atomic E-state index is -1.30. The lowest BCUT2D eigenvalue weighted by molar-refractivity contribution is -0.164. The molecular weight excluding hydrogens is 448 g/mol. The number of aliphatic hydroxyl groups is 1. The molecule has 7 atom stereocenters. The zero-order valence-corrected chi connectivity index (χ0v) is 21.4. The zero-order chi connectivity index (χ0) is 25.4. The summed E-state index contributed by atoms with van der Waals surface area (Å²) in [7, 11) is 0. The number of ether oxygens (including phenoxy) is 2. The molecule has 0 aliphatic carbocycles. The van der Waals surface area contributed by atoms with Gasteiger partial charge in [-0.25, -0.2) is 0 Å². The highest BCUT2D eigenvalue weighted by Gasteiger charge is 2.76. The number of hydrogen-bond donors (Lipinski definition) is 1. The Morgan fingerprint density at radius 1 is 1.11 bits per heavy atom. The van der Waals surface area contributed by atoms with Crippen molar-refractivity contribution >= 4 is 17.8 Å². The number of unbranched alkanes of at least 4 members (excludes halogenated alkanes) is 1. The van der Waals surface area contributed by atoms with Crippen molar-refractivity contribution in [3.05, 3.63) is 24.3 Å². The number of fused-ring (bicyclic) bond motifs is 2. The van der Waals surface area contributed by atoms with E-state index in [1.165, 1.54) is 0 Å². The van der Waals surface area contributed by atoms with E-state index in [-0.39, 0.29) is 30.9 Å². The third kappa shape index (κ3) is 3.93. The van der Waals surface area contributed by atoms with E-state index in [0.717, 1.165) is 19.3 Å². The van der Waals surface area contributed by atoms with E-state index in [0.29, 0.717) is 25.9 Å². The Morgan fingerprint density at radius 3 is 2.54 bits per heavy atom. The van der Waals surface area contributed by atoms with Gasteiger partial charge in [0.25, 0.3) is 0 Å². The molecule has 0 aromatic heterocycles. The quantitative estimate of drug-likeness (QED) is 0.417. The Hall–Kier alpha value is -2.19. The maximum absolute atomic E-state index is 14.3. The molecule has 194 valence electrons. The van der Waals surface area contributed by atoms with Gasteiger partial charge >= 0.3 is 5.97 Å². The van der Waals surface area contributed by atoms with Crippen molar-refractivity contribution in [1.82, 2.24) is 9.80 Å². The molecule has 35 heavy (non-hydrogen) atoms. The van der Waals surface area contributed by atoms with Gasteiger partial charge in [-0.2, -0.15) is 0 Å². The molecule has 0 radical (unpaired) electrons. The van der Waals surface area contributed by atoms with E-state index in [1.54, 1.807) is 9.80 Å². The van der Waals surface area contributed by atoms with E-state index in [9.17, 15) is 19.5 Å². The number of amides is 2. The number of nitrogens with zero attached hydrogens (tertiary/aromatic N) is 2. The molecule has 0 bridgehead atoms. The highest BCUT2D eigenvalue weighted by atomic mass is 16.6. The Kier molecular flexibility index (Phi) is 7.44. The molecule has 4 heterocycles. The molecule has 1 unspecified atom stereocenters. The van der Waals surface area contributed by atoms with Gasteiger partial charge in [0.2, 0.25) is 11.8 Å². The summed E-state index contributed by atoms with van der Waals surface area (Å²) in [5, 5.41) is 10.4. The SMILES string of the molecule is CCCCN1CC=C[C@]23O[C@]4(CC)C=CCCOC(=O)[C@@H]4[C@H]2C(=O)N([C@@H](CO)[C@@H](C)CC)C3C1=O. The first-order valence-corrected chi connectivity index (χ1v) is 13.3. The summed E-state index contributed by atoms with van der Waals surface area (Å²) in [6.45, 7) is 8.98. The van der Waals surface area contributed by atoms with E-state index in [4.69, 9.17) is 9.47 Å². The van der Waals surface area contributed by atoms with Crippen LogP contribution in [0.1, 0.15) is 59.8 Å². The predicted molar refractivity (Wildman–Crippen MR) is 130 cm³/mol. The standard InChI is InChI=1S/C27H40N2O6/c1-5-8-14-28-15-11-13-27-20(21-25(33)34-16-10-9-12-26(21,7-3)35-27)23(31)29(22(27)24(28)32)19(17-30)18(4)6-2/h9,11-13,18-22,30H,5-8,10,14-17H2,1-4H3/t18-,19-,20-,21-,22?,26+,27-/m0/s1. The summed E-state index contributed by atoms with van der Waals surface area (Å²) < 4.78 is 12.4. The minimum Gasteiger partial charge on any atom is -0.465 e. The van der Waals surface area contributed by atoms with Crippen LogP contribution in [0, 0.1) is 17.8 Å². The van der Waals surface area contributed by atoms with Gasteiger partial charge in [-0.05, 0) is 25.2 Å². The van der Waals surface area contributed by atoms with Crippen molar-refractivity contribution in [3.63, 3.8) is 0 Å². The van der Waals surface area contributed by atoms with Crippen LogP contribution in [0.3, 0.4) is 0 Å². The molecule has 1 spiro atoms. The Morgan fingerprint density at radius 2 is 1.89 bits per heavy atom. The molecule has 1 N–H and O–H groups in total. The molecule has 2 fully saturated rings. The van der Waals surface area contributed by atoms with Crippen LogP contribution in [-0.2, 0) is 23.9 Å². The van der Waals surface area contributed by atoms with Crippen LogP contribution in [0.15, 0.2) is 24.3 Å². The summed E-state index contributed by atoms with van der Waals surface area (Å²) in [6.07, 6.45) is 11.2. The number of hydrogen-bond acceptors (Lipinski definition) is 6. The number of carbonyl (C=O) groups excluding carboxylic acids is 3. The van der Waals surface area contributed by atoms with Gasteiger partial charge < -0.3 is 24.4 Å². The van der Waals surface area contributed by atoms with Gasteiger partial charge in [0, 0.05) is 13.1 Å². The largest absolute Gasteiger partial charge is 0.465 e. The fourth-order valence-corrected chi connectivity index (χ4v) is 6.44. The smallest absolute Gasteiger partial charge is 0.313 e. The molecule has 0 aromatic rings. The van der Waals surface area contributed by atoms with Crippen LogP contribution in [-0.4, -0.2) is 82.3 Å². The maximum Gasteiger partial charge on any atom is 0.313 e. The monoisotopic (exact) mass is 488 g/mol. The average molecular weight is 489 g/mol. The molecule has 2 saturated heterocycles. The number of aliphatic hydroxyl groups excluding tert-OH is 1. The second-order valence-electron chi connectivity index (χ2n) is 10.4. The Bertz CT molecular complexity index is 902. The maximum atomic E-state index is 14.3. The van der Waals surface area contributed by atoms with Gasteiger partial charge in [-0.15, -0.1) is 0 Å². The predicted octanol–water partition coefficient (Wildman–Crippen LogP) is 2.46. The van der Waals surface area contributed by atoms with Crippen molar-refractivity contribution in [2.45, 2.75) is 83.1 Å². The lowest BCUT2D eigenvalue weighted by Crippen LogP contribution is -2.60. The normalized spacial score (nSPS) is 36.1. The topological polar surface area (TPSA) is 96.4 Å². The van der Waals surface area contributed by atoms with Crippen molar-refractivity contribution < 1.29 is 29.0 Å². The lowest BCUT2D eigenvalue weighted by atomic mass is 9.73. The summed E-state index contributed by atoms with van der Waals surface area (Å²) in [5.41, 5.74) is -2.33. The Labute approximate surface area is 208 Å². The average Bonchev–Trinajstić information content (AvgIpc) is 3.20. The molecule has 8 nitrogen and oxygen atoms in total. The first-order chi connectivity index (χ1) is 16.8.